The largest absolute Gasteiger partial charge is 0.451 e. The summed E-state index contributed by atoms with van der Waals surface area (Å²) in [6, 6.07) is 6.97. The lowest BCUT2D eigenvalue weighted by Gasteiger charge is -2.10. The van der Waals surface area contributed by atoms with E-state index in [1.165, 1.54) is 25.1 Å². The van der Waals surface area contributed by atoms with Crippen LogP contribution in [0.5, 0.6) is 11.5 Å². The Morgan fingerprint density at radius 1 is 1.24 bits per heavy atom. The highest BCUT2D eigenvalue weighted by Crippen LogP contribution is 2.32. The fourth-order valence-corrected chi connectivity index (χ4v) is 1.69. The van der Waals surface area contributed by atoms with Crippen molar-refractivity contribution in [3.63, 3.8) is 0 Å². The van der Waals surface area contributed by atoms with Crippen LogP contribution in [-0.2, 0) is 0 Å². The molecule has 5 nitrogen and oxygen atoms in total. The van der Waals surface area contributed by atoms with E-state index in [0.717, 1.165) is 12.1 Å². The highest BCUT2D eigenvalue weighted by molar-refractivity contribution is 5.46. The number of nitro benzene ring substituents is 1. The van der Waals surface area contributed by atoms with Gasteiger partial charge in [-0.2, -0.15) is 5.26 Å². The minimum Gasteiger partial charge on any atom is -0.451 e. The van der Waals surface area contributed by atoms with Crippen molar-refractivity contribution >= 4 is 5.69 Å². The molecule has 0 heterocycles. The number of aryl methyl sites for hydroxylation is 1. The summed E-state index contributed by atoms with van der Waals surface area (Å²) < 4.78 is 32.5. The Morgan fingerprint density at radius 3 is 2.33 bits per heavy atom. The Labute approximate surface area is 118 Å². The first kappa shape index (κ1) is 14.4. The van der Waals surface area contributed by atoms with E-state index in [-0.39, 0.29) is 17.0 Å². The van der Waals surface area contributed by atoms with E-state index in [4.69, 9.17) is 10.00 Å². The van der Waals surface area contributed by atoms with Crippen molar-refractivity contribution in [1.29, 1.82) is 5.26 Å². The van der Waals surface area contributed by atoms with Gasteiger partial charge in [-0.3, -0.25) is 10.1 Å². The van der Waals surface area contributed by atoms with Gasteiger partial charge in [0.1, 0.15) is 5.75 Å². The molecule has 2 aromatic rings. The van der Waals surface area contributed by atoms with Crippen LogP contribution >= 0.6 is 0 Å². The van der Waals surface area contributed by atoms with E-state index >= 15 is 0 Å². The molecule has 0 saturated carbocycles. The van der Waals surface area contributed by atoms with Crippen LogP contribution in [0.2, 0.25) is 0 Å². The molecule has 0 atom stereocenters. The smallest absolute Gasteiger partial charge is 0.269 e. The molecule has 106 valence electrons. The summed E-state index contributed by atoms with van der Waals surface area (Å²) in [7, 11) is 0. The number of nitriles is 1. The summed E-state index contributed by atoms with van der Waals surface area (Å²) in [5.41, 5.74) is 0.0331. The van der Waals surface area contributed by atoms with Gasteiger partial charge in [-0.05, 0) is 30.7 Å². The molecule has 0 fully saturated rings. The number of ether oxygens (including phenoxy) is 1. The van der Waals surface area contributed by atoms with E-state index in [2.05, 4.69) is 0 Å². The number of halogens is 2. The van der Waals surface area contributed by atoms with E-state index in [0.29, 0.717) is 5.56 Å². The molecule has 2 aromatic carbocycles. The molecule has 0 bridgehead atoms. The Balaban J connectivity index is 2.39. The first-order chi connectivity index (χ1) is 9.92. The highest BCUT2D eigenvalue weighted by Gasteiger charge is 2.16. The average molecular weight is 290 g/mol. The fourth-order valence-electron chi connectivity index (χ4n) is 1.69. The van der Waals surface area contributed by atoms with Crippen LogP contribution in [0.15, 0.2) is 30.3 Å². The monoisotopic (exact) mass is 290 g/mol. The molecule has 0 aliphatic rings. The van der Waals surface area contributed by atoms with Crippen LogP contribution in [0.25, 0.3) is 0 Å². The van der Waals surface area contributed by atoms with Gasteiger partial charge >= 0.3 is 0 Å². The van der Waals surface area contributed by atoms with E-state index in [1.54, 1.807) is 6.07 Å². The molecule has 0 radical (unpaired) electrons. The summed E-state index contributed by atoms with van der Waals surface area (Å²) in [5.74, 6) is -2.62. The normalized spacial score (nSPS) is 10.0. The Bertz CT molecular complexity index is 746. The minimum absolute atomic E-state index is 0.0862. The van der Waals surface area contributed by atoms with E-state index in [1.807, 2.05) is 0 Å². The standard InChI is InChI=1S/C14H8F2N2O3/c1-8-4-10(18(19)20)2-3-13(8)21-14-11(15)5-9(7-17)6-12(14)16/h2-6H,1H3. The lowest BCUT2D eigenvalue weighted by Crippen LogP contribution is -1.96. The third kappa shape index (κ3) is 2.95. The fraction of sp³-hybridized carbons (Fsp3) is 0.0714. The van der Waals surface area contributed by atoms with Gasteiger partial charge in [0.2, 0.25) is 0 Å². The zero-order valence-electron chi connectivity index (χ0n) is 10.8. The lowest BCUT2D eigenvalue weighted by molar-refractivity contribution is -0.384. The van der Waals surface area contributed by atoms with Crippen molar-refractivity contribution < 1.29 is 18.4 Å². The van der Waals surface area contributed by atoms with Crippen LogP contribution in [-0.4, -0.2) is 4.92 Å². The van der Waals surface area contributed by atoms with Crippen molar-refractivity contribution in [1.82, 2.24) is 0 Å². The minimum atomic E-state index is -1.02. The second kappa shape index (κ2) is 5.54. The zero-order chi connectivity index (χ0) is 15.6. The molecule has 0 N–H and O–H groups in total. The molecule has 0 aliphatic carbocycles. The van der Waals surface area contributed by atoms with E-state index < -0.39 is 22.3 Å². The molecule has 7 heteroatoms. The van der Waals surface area contributed by atoms with Gasteiger partial charge in [-0.15, -0.1) is 0 Å². The van der Waals surface area contributed by atoms with Crippen LogP contribution in [0.1, 0.15) is 11.1 Å². The molecule has 21 heavy (non-hydrogen) atoms. The lowest BCUT2D eigenvalue weighted by atomic mass is 10.2. The van der Waals surface area contributed by atoms with Gasteiger partial charge < -0.3 is 4.74 Å². The average Bonchev–Trinajstić information content (AvgIpc) is 2.43. The number of nitro groups is 1. The van der Waals surface area contributed by atoms with Crippen molar-refractivity contribution in [3.8, 4) is 17.6 Å². The first-order valence-corrected chi connectivity index (χ1v) is 5.74. The van der Waals surface area contributed by atoms with Crippen LogP contribution in [0.3, 0.4) is 0 Å². The molecule has 2 rings (SSSR count). The number of nitrogens with zero attached hydrogens (tertiary/aromatic N) is 2. The van der Waals surface area contributed by atoms with Crippen LogP contribution < -0.4 is 4.74 Å². The molecular formula is C14H8F2N2O3. The van der Waals surface area contributed by atoms with Gasteiger partial charge in [0.25, 0.3) is 5.69 Å². The second-order valence-electron chi connectivity index (χ2n) is 4.19. The number of hydrogen-bond donors (Lipinski definition) is 0. The molecular weight excluding hydrogens is 282 g/mol. The van der Waals surface area contributed by atoms with Crippen molar-refractivity contribution in [2.45, 2.75) is 6.92 Å². The third-order valence-electron chi connectivity index (χ3n) is 2.71. The number of hydrogen-bond acceptors (Lipinski definition) is 4. The van der Waals surface area contributed by atoms with Gasteiger partial charge in [0.15, 0.2) is 17.4 Å². The summed E-state index contributed by atoms with van der Waals surface area (Å²) in [5, 5.41) is 19.2. The number of rotatable bonds is 3. The highest BCUT2D eigenvalue weighted by atomic mass is 19.1. The van der Waals surface area contributed by atoms with Gasteiger partial charge in [-0.1, -0.05) is 0 Å². The first-order valence-electron chi connectivity index (χ1n) is 5.74. The molecule has 0 saturated heterocycles. The maximum Gasteiger partial charge on any atom is 0.269 e. The predicted molar refractivity (Wildman–Crippen MR) is 69.0 cm³/mol. The molecule has 0 unspecified atom stereocenters. The SMILES string of the molecule is Cc1cc([N+](=O)[O-])ccc1Oc1c(F)cc(C#N)cc1F. The zero-order valence-corrected chi connectivity index (χ0v) is 10.8. The van der Waals surface area contributed by atoms with Crippen molar-refractivity contribution in [3.05, 3.63) is 63.2 Å². The third-order valence-corrected chi connectivity index (χ3v) is 2.71. The number of benzene rings is 2. The molecule has 0 aliphatic heterocycles. The van der Waals surface area contributed by atoms with Gasteiger partial charge in [-0.25, -0.2) is 8.78 Å². The molecule has 0 spiro atoms. The summed E-state index contributed by atoms with van der Waals surface area (Å²) in [4.78, 5) is 10.0. The summed E-state index contributed by atoms with van der Waals surface area (Å²) >= 11 is 0. The van der Waals surface area contributed by atoms with Crippen molar-refractivity contribution in [2.24, 2.45) is 0 Å². The van der Waals surface area contributed by atoms with E-state index in [9.17, 15) is 18.9 Å². The molecule has 0 aromatic heterocycles. The Morgan fingerprint density at radius 2 is 1.86 bits per heavy atom. The Hall–Kier alpha value is -3.01. The maximum absolute atomic E-state index is 13.7. The summed E-state index contributed by atoms with van der Waals surface area (Å²) in [6.45, 7) is 1.52. The van der Waals surface area contributed by atoms with Crippen LogP contribution in [0.4, 0.5) is 14.5 Å². The quantitative estimate of drug-likeness (QED) is 0.635. The second-order valence-corrected chi connectivity index (χ2v) is 4.19. The van der Waals surface area contributed by atoms with Gasteiger partial charge in [0, 0.05) is 12.1 Å². The predicted octanol–water partition coefficient (Wildman–Crippen LogP) is 3.85. The maximum atomic E-state index is 13.7. The van der Waals surface area contributed by atoms with Crippen LogP contribution in [0, 0.1) is 40.0 Å². The topological polar surface area (TPSA) is 76.2 Å². The summed E-state index contributed by atoms with van der Waals surface area (Å²) in [6.07, 6.45) is 0. The van der Waals surface area contributed by atoms with Crippen molar-refractivity contribution in [2.75, 3.05) is 0 Å². The number of non-ortho nitro benzene ring substituents is 1. The van der Waals surface area contributed by atoms with Gasteiger partial charge in [0.05, 0.1) is 16.6 Å². The molecule has 0 amide bonds. The Kier molecular flexibility index (Phi) is 3.80.